The number of hydrogen-bond donors (Lipinski definition) is 1. The van der Waals surface area contributed by atoms with Gasteiger partial charge in [0.05, 0.1) is 6.54 Å². The first-order valence-electron chi connectivity index (χ1n) is 8.18. The van der Waals surface area contributed by atoms with Crippen LogP contribution >= 0.6 is 11.6 Å². The van der Waals surface area contributed by atoms with Crippen LogP contribution in [0.4, 0.5) is 8.78 Å². The van der Waals surface area contributed by atoms with E-state index in [4.69, 9.17) is 11.6 Å². The van der Waals surface area contributed by atoms with Gasteiger partial charge in [-0.3, -0.25) is 4.90 Å². The van der Waals surface area contributed by atoms with Crippen molar-refractivity contribution in [1.82, 2.24) is 4.90 Å². The maximum atomic E-state index is 14.7. The molecule has 0 spiro atoms. The van der Waals surface area contributed by atoms with Crippen molar-refractivity contribution in [2.24, 2.45) is 0 Å². The minimum Gasteiger partial charge on any atom is -0.379 e. The van der Waals surface area contributed by atoms with Crippen molar-refractivity contribution in [1.29, 1.82) is 0 Å². The van der Waals surface area contributed by atoms with Gasteiger partial charge in [-0.15, -0.1) is 0 Å². The Morgan fingerprint density at radius 1 is 1.29 bits per heavy atom. The molecule has 1 unspecified atom stereocenters. The van der Waals surface area contributed by atoms with Crippen molar-refractivity contribution >= 4 is 11.6 Å². The molecule has 0 radical (unpaired) electrons. The normalized spacial score (nSPS) is 25.8. The summed E-state index contributed by atoms with van der Waals surface area (Å²) in [6, 6.07) is 9.52. The molecule has 24 heavy (non-hydrogen) atoms. The van der Waals surface area contributed by atoms with E-state index < -0.39 is 18.1 Å². The molecule has 0 amide bonds. The van der Waals surface area contributed by atoms with Gasteiger partial charge < -0.3 is 5.11 Å². The fraction of sp³-hybridized carbons (Fsp3) is 0.474. The quantitative estimate of drug-likeness (QED) is 0.771. The SMILES string of the molecule is CCC(Cl)=CC=C(C)C1(O)CCN(Cc2ccccc2)CC1(F)F. The van der Waals surface area contributed by atoms with Gasteiger partial charge in [-0.25, -0.2) is 8.78 Å². The standard InChI is InChI=1S/C19H24ClF2NO/c1-3-17(20)10-9-15(2)18(24)11-12-23(14-19(18,21)22)13-16-7-5-4-6-8-16/h4-10,24H,3,11-14H2,1-2H3. The molecule has 2 nitrogen and oxygen atoms in total. The maximum absolute atomic E-state index is 14.7. The molecule has 2 rings (SSSR count). The van der Waals surface area contributed by atoms with Gasteiger partial charge in [-0.2, -0.15) is 0 Å². The molecule has 1 aromatic rings. The van der Waals surface area contributed by atoms with E-state index >= 15 is 0 Å². The highest BCUT2D eigenvalue weighted by Gasteiger charge is 2.56. The van der Waals surface area contributed by atoms with Crippen LogP contribution in [0.15, 0.2) is 53.1 Å². The summed E-state index contributed by atoms with van der Waals surface area (Å²) in [5, 5.41) is 11.2. The number of hydrogen-bond acceptors (Lipinski definition) is 2. The number of benzene rings is 1. The molecule has 0 saturated carbocycles. The maximum Gasteiger partial charge on any atom is 0.292 e. The summed E-state index contributed by atoms with van der Waals surface area (Å²) in [4.78, 5) is 1.69. The fourth-order valence-corrected chi connectivity index (χ4v) is 2.99. The van der Waals surface area contributed by atoms with Gasteiger partial charge in [-0.1, -0.05) is 54.9 Å². The Hall–Kier alpha value is -1.23. The van der Waals surface area contributed by atoms with Gasteiger partial charge in [0.25, 0.3) is 5.92 Å². The largest absolute Gasteiger partial charge is 0.379 e. The van der Waals surface area contributed by atoms with Gasteiger partial charge in [-0.05, 0) is 37.0 Å². The molecule has 1 aromatic carbocycles. The first-order chi connectivity index (χ1) is 11.3. The number of halogens is 3. The van der Waals surface area contributed by atoms with E-state index in [9.17, 15) is 13.9 Å². The Bertz CT molecular complexity index is 615. The van der Waals surface area contributed by atoms with Gasteiger partial charge in [0.15, 0.2) is 5.60 Å². The highest BCUT2D eigenvalue weighted by atomic mass is 35.5. The number of allylic oxidation sites excluding steroid dienone is 3. The molecule has 1 fully saturated rings. The number of piperidine rings is 1. The van der Waals surface area contributed by atoms with Crippen LogP contribution in [0.5, 0.6) is 0 Å². The van der Waals surface area contributed by atoms with Gasteiger partial charge in [0.2, 0.25) is 0 Å². The molecule has 1 saturated heterocycles. The van der Waals surface area contributed by atoms with Crippen molar-refractivity contribution < 1.29 is 13.9 Å². The number of rotatable bonds is 5. The van der Waals surface area contributed by atoms with Crippen LogP contribution in [0, 0.1) is 0 Å². The second-order valence-electron chi connectivity index (χ2n) is 6.33. The van der Waals surface area contributed by atoms with E-state index in [1.165, 1.54) is 13.0 Å². The summed E-state index contributed by atoms with van der Waals surface area (Å²) in [5.74, 6) is -3.22. The predicted molar refractivity (Wildman–Crippen MR) is 94.2 cm³/mol. The zero-order chi connectivity index (χ0) is 17.8. The molecular weight excluding hydrogens is 332 g/mol. The highest BCUT2D eigenvalue weighted by Crippen LogP contribution is 2.41. The predicted octanol–water partition coefficient (Wildman–Crippen LogP) is 4.74. The molecule has 1 N–H and O–H groups in total. The lowest BCUT2D eigenvalue weighted by molar-refractivity contribution is -0.198. The molecule has 0 bridgehead atoms. The molecule has 1 atom stereocenters. The van der Waals surface area contributed by atoms with Crippen molar-refractivity contribution in [3.8, 4) is 0 Å². The third-order valence-electron chi connectivity index (χ3n) is 4.57. The third-order valence-corrected chi connectivity index (χ3v) is 4.96. The zero-order valence-corrected chi connectivity index (χ0v) is 14.9. The average Bonchev–Trinajstić information content (AvgIpc) is 2.56. The minimum absolute atomic E-state index is 0.00719. The Labute approximate surface area is 147 Å². The van der Waals surface area contributed by atoms with Crippen LogP contribution in [-0.4, -0.2) is 34.6 Å². The monoisotopic (exact) mass is 355 g/mol. The molecule has 1 aliphatic rings. The van der Waals surface area contributed by atoms with Crippen LogP contribution in [0.2, 0.25) is 0 Å². The molecular formula is C19H24ClF2NO. The van der Waals surface area contributed by atoms with Crippen LogP contribution in [0.1, 0.15) is 32.3 Å². The number of nitrogens with zero attached hydrogens (tertiary/aromatic N) is 1. The van der Waals surface area contributed by atoms with Crippen LogP contribution in [-0.2, 0) is 6.54 Å². The number of alkyl halides is 2. The van der Waals surface area contributed by atoms with E-state index in [0.29, 0.717) is 24.5 Å². The Kier molecular flexibility index (Phi) is 6.18. The molecule has 5 heteroatoms. The lowest BCUT2D eigenvalue weighted by Gasteiger charge is -2.45. The topological polar surface area (TPSA) is 23.5 Å². The van der Waals surface area contributed by atoms with Gasteiger partial charge in [0, 0.05) is 18.1 Å². The number of likely N-dealkylation sites (tertiary alicyclic amines) is 1. The second kappa shape index (κ2) is 7.77. The summed E-state index contributed by atoms with van der Waals surface area (Å²) in [6.45, 7) is 3.83. The van der Waals surface area contributed by atoms with E-state index in [1.54, 1.807) is 11.0 Å². The summed E-state index contributed by atoms with van der Waals surface area (Å²) >= 11 is 5.92. The van der Waals surface area contributed by atoms with Crippen molar-refractivity contribution in [2.75, 3.05) is 13.1 Å². The van der Waals surface area contributed by atoms with Crippen LogP contribution < -0.4 is 0 Å². The molecule has 1 aliphatic heterocycles. The van der Waals surface area contributed by atoms with Crippen molar-refractivity contribution in [3.63, 3.8) is 0 Å². The van der Waals surface area contributed by atoms with Crippen molar-refractivity contribution in [2.45, 2.75) is 44.8 Å². The van der Waals surface area contributed by atoms with Crippen LogP contribution in [0.25, 0.3) is 0 Å². The van der Waals surface area contributed by atoms with E-state index in [-0.39, 0.29) is 12.0 Å². The molecule has 0 aromatic heterocycles. The Balaban J connectivity index is 2.12. The average molecular weight is 356 g/mol. The van der Waals surface area contributed by atoms with Gasteiger partial charge in [0.1, 0.15) is 0 Å². The highest BCUT2D eigenvalue weighted by molar-refractivity contribution is 6.29. The Morgan fingerprint density at radius 3 is 2.54 bits per heavy atom. The molecule has 0 aliphatic carbocycles. The summed E-state index contributed by atoms with van der Waals surface area (Å²) in [6.07, 6.45) is 3.71. The fourth-order valence-electron chi connectivity index (χ4n) is 2.93. The summed E-state index contributed by atoms with van der Waals surface area (Å²) in [5.41, 5.74) is -0.885. The molecule has 1 heterocycles. The lowest BCUT2D eigenvalue weighted by atomic mass is 9.81. The zero-order valence-electron chi connectivity index (χ0n) is 14.1. The first kappa shape index (κ1) is 19.1. The van der Waals surface area contributed by atoms with Crippen LogP contribution in [0.3, 0.4) is 0 Å². The smallest absolute Gasteiger partial charge is 0.292 e. The number of aliphatic hydroxyl groups is 1. The first-order valence-corrected chi connectivity index (χ1v) is 8.56. The van der Waals surface area contributed by atoms with Crippen molar-refractivity contribution in [3.05, 3.63) is 58.7 Å². The summed E-state index contributed by atoms with van der Waals surface area (Å²) in [7, 11) is 0. The summed E-state index contributed by atoms with van der Waals surface area (Å²) < 4.78 is 29.4. The van der Waals surface area contributed by atoms with Gasteiger partial charge >= 0.3 is 0 Å². The molecule has 132 valence electrons. The third kappa shape index (κ3) is 4.24. The lowest BCUT2D eigenvalue weighted by Crippen LogP contribution is -2.60. The Morgan fingerprint density at radius 2 is 1.96 bits per heavy atom. The van der Waals surface area contributed by atoms with E-state index in [0.717, 1.165) is 5.56 Å². The second-order valence-corrected chi connectivity index (χ2v) is 6.81. The minimum atomic E-state index is -3.22. The van der Waals surface area contributed by atoms with E-state index in [2.05, 4.69) is 0 Å². The van der Waals surface area contributed by atoms with E-state index in [1.807, 2.05) is 37.3 Å².